The molecule has 0 heterocycles. The normalized spacial score (nSPS) is 12.5. The molecule has 0 aliphatic rings. The minimum atomic E-state index is -0.776. The highest BCUT2D eigenvalue weighted by atomic mass is 16.6. The van der Waals surface area contributed by atoms with Crippen LogP contribution in [0.2, 0.25) is 0 Å². The first kappa shape index (κ1) is 79.8. The van der Waals surface area contributed by atoms with E-state index >= 15 is 0 Å². The van der Waals surface area contributed by atoms with Crippen molar-refractivity contribution < 1.29 is 28.6 Å². The fraction of sp³-hybridized carbons (Fsp3) is 0.805. The summed E-state index contributed by atoms with van der Waals surface area (Å²) < 4.78 is 17.0. The zero-order valence-corrected chi connectivity index (χ0v) is 55.5. The molecule has 1 unspecified atom stereocenters. The van der Waals surface area contributed by atoms with E-state index in [1.165, 1.54) is 244 Å². The Morgan fingerprint density at radius 1 is 0.253 bits per heavy atom. The summed E-state index contributed by atoms with van der Waals surface area (Å²) in [5.41, 5.74) is 0. The number of carbonyl (C=O) groups excluding carboxylic acids is 3. The first-order chi connectivity index (χ1) is 41.0. The number of hydrogen-bond donors (Lipinski definition) is 0. The van der Waals surface area contributed by atoms with E-state index < -0.39 is 6.10 Å². The summed E-state index contributed by atoms with van der Waals surface area (Å²) in [5, 5.41) is 0. The highest BCUT2D eigenvalue weighted by Crippen LogP contribution is 2.18. The lowest BCUT2D eigenvalue weighted by Crippen LogP contribution is -2.30. The van der Waals surface area contributed by atoms with Crippen molar-refractivity contribution in [2.45, 2.75) is 386 Å². The average Bonchev–Trinajstić information content (AvgIpc) is 3.49. The Bertz CT molecular complexity index is 1520. The number of esters is 3. The first-order valence-electron chi connectivity index (χ1n) is 36.4. The third-order valence-corrected chi connectivity index (χ3v) is 16.2. The summed E-state index contributed by atoms with van der Waals surface area (Å²) >= 11 is 0. The summed E-state index contributed by atoms with van der Waals surface area (Å²) in [6, 6.07) is 0. The second-order valence-electron chi connectivity index (χ2n) is 24.5. The second kappa shape index (κ2) is 71.3. The van der Waals surface area contributed by atoms with Crippen molar-refractivity contribution >= 4 is 17.9 Å². The molecule has 1 atom stereocenters. The van der Waals surface area contributed by atoms with E-state index in [0.717, 1.165) is 96.3 Å². The van der Waals surface area contributed by atoms with Crippen molar-refractivity contribution in [2.75, 3.05) is 13.2 Å². The highest BCUT2D eigenvalue weighted by molar-refractivity contribution is 5.71. The van der Waals surface area contributed by atoms with Crippen molar-refractivity contribution in [3.63, 3.8) is 0 Å². The number of hydrogen-bond acceptors (Lipinski definition) is 6. The van der Waals surface area contributed by atoms with Gasteiger partial charge < -0.3 is 14.2 Å². The van der Waals surface area contributed by atoms with Gasteiger partial charge in [-0.1, -0.05) is 344 Å². The van der Waals surface area contributed by atoms with Crippen LogP contribution < -0.4 is 0 Å². The van der Waals surface area contributed by atoms with Crippen LogP contribution in [0.5, 0.6) is 0 Å². The predicted octanol–water partition coefficient (Wildman–Crippen LogP) is 25.2. The Balaban J connectivity index is 4.16. The van der Waals surface area contributed by atoms with Crippen molar-refractivity contribution in [2.24, 2.45) is 0 Å². The molecular formula is C77H138O6. The van der Waals surface area contributed by atoms with Gasteiger partial charge in [-0.2, -0.15) is 0 Å². The average molecular weight is 1160 g/mol. The predicted molar refractivity (Wildman–Crippen MR) is 362 cm³/mol. The van der Waals surface area contributed by atoms with Gasteiger partial charge in [-0.3, -0.25) is 14.4 Å². The first-order valence-corrected chi connectivity index (χ1v) is 36.4. The van der Waals surface area contributed by atoms with Gasteiger partial charge >= 0.3 is 17.9 Å². The van der Waals surface area contributed by atoms with Crippen molar-refractivity contribution in [3.8, 4) is 0 Å². The maximum atomic E-state index is 12.9. The van der Waals surface area contributed by atoms with Crippen molar-refractivity contribution in [3.05, 3.63) is 72.9 Å². The number of unbranched alkanes of at least 4 members (excludes halogenated alkanes) is 44. The van der Waals surface area contributed by atoms with Crippen LogP contribution in [0.15, 0.2) is 72.9 Å². The van der Waals surface area contributed by atoms with Crippen LogP contribution in [0.4, 0.5) is 0 Å². The molecule has 0 saturated carbocycles. The fourth-order valence-corrected chi connectivity index (χ4v) is 10.8. The van der Waals surface area contributed by atoms with Gasteiger partial charge in [-0.25, -0.2) is 0 Å². The molecule has 0 aromatic heterocycles. The van der Waals surface area contributed by atoms with E-state index in [9.17, 15) is 14.4 Å². The molecule has 0 fully saturated rings. The van der Waals surface area contributed by atoms with Crippen LogP contribution in [0.3, 0.4) is 0 Å². The molecule has 83 heavy (non-hydrogen) atoms. The molecule has 0 amide bonds. The van der Waals surface area contributed by atoms with Crippen molar-refractivity contribution in [1.82, 2.24) is 0 Å². The summed E-state index contributed by atoms with van der Waals surface area (Å²) in [4.78, 5) is 38.4. The summed E-state index contributed by atoms with van der Waals surface area (Å²) in [6.45, 7) is 6.57. The molecule has 0 saturated heterocycles. The molecule has 0 spiro atoms. The fourth-order valence-electron chi connectivity index (χ4n) is 10.8. The number of ether oxygens (including phenoxy) is 3. The molecule has 6 nitrogen and oxygen atoms in total. The van der Waals surface area contributed by atoms with Crippen LogP contribution in [-0.2, 0) is 28.6 Å². The summed E-state index contributed by atoms with van der Waals surface area (Å²) in [5.74, 6) is -0.855. The maximum Gasteiger partial charge on any atom is 0.306 e. The van der Waals surface area contributed by atoms with Crippen LogP contribution in [0.25, 0.3) is 0 Å². The molecule has 0 rings (SSSR count). The number of rotatable bonds is 67. The maximum absolute atomic E-state index is 12.9. The molecule has 0 aromatic carbocycles. The molecule has 0 radical (unpaired) electrons. The number of allylic oxidation sites excluding steroid dienone is 12. The summed E-state index contributed by atoms with van der Waals surface area (Å²) in [6.07, 6.45) is 93.7. The quantitative estimate of drug-likeness (QED) is 0.0261. The lowest BCUT2D eigenvalue weighted by Gasteiger charge is -2.18. The Labute approximate surface area is 516 Å². The van der Waals surface area contributed by atoms with E-state index in [1.807, 2.05) is 0 Å². The van der Waals surface area contributed by atoms with Gasteiger partial charge in [0.25, 0.3) is 0 Å². The van der Waals surface area contributed by atoms with Crippen LogP contribution in [0, 0.1) is 0 Å². The highest BCUT2D eigenvalue weighted by Gasteiger charge is 2.19. The third kappa shape index (κ3) is 69.5. The minimum Gasteiger partial charge on any atom is -0.462 e. The van der Waals surface area contributed by atoms with E-state index in [4.69, 9.17) is 14.2 Å². The zero-order valence-electron chi connectivity index (χ0n) is 55.5. The lowest BCUT2D eigenvalue weighted by atomic mass is 10.0. The van der Waals surface area contributed by atoms with Gasteiger partial charge in [-0.15, -0.1) is 0 Å². The molecule has 0 N–H and O–H groups in total. The van der Waals surface area contributed by atoms with Gasteiger partial charge in [0.15, 0.2) is 6.10 Å². The van der Waals surface area contributed by atoms with E-state index in [2.05, 4.69) is 93.7 Å². The molecule has 0 aliphatic heterocycles. The van der Waals surface area contributed by atoms with E-state index in [-0.39, 0.29) is 31.1 Å². The van der Waals surface area contributed by atoms with Gasteiger partial charge in [-0.05, 0) is 89.9 Å². The van der Waals surface area contributed by atoms with Gasteiger partial charge in [0, 0.05) is 19.3 Å². The Hall–Kier alpha value is -3.15. The Kier molecular flexibility index (Phi) is 68.6. The van der Waals surface area contributed by atoms with Gasteiger partial charge in [0.2, 0.25) is 0 Å². The van der Waals surface area contributed by atoms with E-state index in [1.54, 1.807) is 0 Å². The Morgan fingerprint density at radius 3 is 0.759 bits per heavy atom. The molecular weight excluding hydrogens is 1020 g/mol. The van der Waals surface area contributed by atoms with E-state index in [0.29, 0.717) is 19.3 Å². The standard InChI is InChI=1S/C77H138O6/c1-4-7-10-13-16-19-22-25-27-29-31-32-33-34-35-36-37-38-39-40-41-42-43-44-46-47-49-52-55-58-61-64-67-70-76(79)82-73-74(72-81-75(78)69-66-63-60-57-54-51-24-21-18-15-12-9-6-3)83-77(80)71-68-65-62-59-56-53-50-48-45-30-28-26-23-20-17-14-11-8-5-2/h7,10,16,19,21,24-25,27,31-32,34-35,74H,4-6,8-9,11-15,17-18,20,22-23,26,28-30,33,36-73H2,1-3H3/b10-7-,19-16-,24-21-,27-25-,32-31-,35-34-. The van der Waals surface area contributed by atoms with Crippen molar-refractivity contribution in [1.29, 1.82) is 0 Å². The molecule has 0 bridgehead atoms. The molecule has 6 heteroatoms. The third-order valence-electron chi connectivity index (χ3n) is 16.2. The van der Waals surface area contributed by atoms with Gasteiger partial charge in [0.1, 0.15) is 13.2 Å². The SMILES string of the molecule is CC/C=C\C/C=C\C/C=C\C/C=C\C/C=C\CCCCCCCCCCCCCCCCCCCC(=O)OCC(COC(=O)CCCCCCC/C=C\CCCCCC)OC(=O)CCCCCCCCCCCCCCCCCCCCC. The molecule has 482 valence electrons. The summed E-state index contributed by atoms with van der Waals surface area (Å²) in [7, 11) is 0. The smallest absolute Gasteiger partial charge is 0.306 e. The largest absolute Gasteiger partial charge is 0.462 e. The Morgan fingerprint density at radius 2 is 0.470 bits per heavy atom. The van der Waals surface area contributed by atoms with Crippen LogP contribution >= 0.6 is 0 Å². The number of carbonyl (C=O) groups is 3. The molecule has 0 aromatic rings. The minimum absolute atomic E-state index is 0.0717. The topological polar surface area (TPSA) is 78.9 Å². The van der Waals surface area contributed by atoms with Gasteiger partial charge in [0.05, 0.1) is 0 Å². The van der Waals surface area contributed by atoms with Crippen LogP contribution in [0.1, 0.15) is 380 Å². The lowest BCUT2D eigenvalue weighted by molar-refractivity contribution is -0.167. The second-order valence-corrected chi connectivity index (χ2v) is 24.5. The molecule has 0 aliphatic carbocycles. The van der Waals surface area contributed by atoms with Crippen LogP contribution in [-0.4, -0.2) is 37.2 Å². The zero-order chi connectivity index (χ0) is 59.9. The monoisotopic (exact) mass is 1160 g/mol.